The number of aromatic amines is 1. The van der Waals surface area contributed by atoms with Crippen LogP contribution in [-0.2, 0) is 0 Å². The lowest BCUT2D eigenvalue weighted by molar-refractivity contribution is 0.0926. The number of amides is 1. The Bertz CT molecular complexity index is 829. The van der Waals surface area contributed by atoms with E-state index in [0.29, 0.717) is 23.2 Å². The fraction of sp³-hybridized carbons (Fsp3) is 0.357. The Morgan fingerprint density at radius 1 is 1.33 bits per heavy atom. The molecular weight excluding hydrogens is 310 g/mol. The van der Waals surface area contributed by atoms with Gasteiger partial charge in [0.25, 0.3) is 5.91 Å². The minimum atomic E-state index is -0.167. The van der Waals surface area contributed by atoms with E-state index < -0.39 is 0 Å². The van der Waals surface area contributed by atoms with Gasteiger partial charge >= 0.3 is 0 Å². The number of anilines is 2. The molecule has 4 rings (SSSR count). The zero-order chi connectivity index (χ0) is 16.5. The van der Waals surface area contributed by atoms with Crippen LogP contribution in [0, 0.1) is 0 Å². The highest BCUT2D eigenvalue weighted by Crippen LogP contribution is 2.16. The highest BCUT2D eigenvalue weighted by molar-refractivity contribution is 5.93. The van der Waals surface area contributed by atoms with Gasteiger partial charge < -0.3 is 20.4 Å². The van der Waals surface area contributed by atoms with E-state index in [1.54, 1.807) is 29.2 Å². The predicted octanol–water partition coefficient (Wildman–Crippen LogP) is -0.172. The molecule has 24 heavy (non-hydrogen) atoms. The second-order valence-corrected chi connectivity index (χ2v) is 5.72. The van der Waals surface area contributed by atoms with Crippen LogP contribution in [0.1, 0.15) is 23.3 Å². The summed E-state index contributed by atoms with van der Waals surface area (Å²) in [5.41, 5.74) is 6.60. The van der Waals surface area contributed by atoms with Crippen molar-refractivity contribution in [3.05, 3.63) is 30.5 Å². The smallest absolute Gasteiger partial charge is 0.271 e. The molecule has 0 bridgehead atoms. The molecule has 0 saturated carbocycles. The molecule has 1 aliphatic rings. The normalized spacial score (nSPS) is 15.8. The van der Waals surface area contributed by atoms with Gasteiger partial charge in [0, 0.05) is 37.7 Å². The second kappa shape index (κ2) is 5.80. The number of H-pyrrole nitrogens is 1. The van der Waals surface area contributed by atoms with Gasteiger partial charge in [-0.1, -0.05) is 0 Å². The molecule has 3 aromatic rings. The Morgan fingerprint density at radius 2 is 2.17 bits per heavy atom. The van der Waals surface area contributed by atoms with Crippen LogP contribution >= 0.6 is 0 Å². The molecule has 1 fully saturated rings. The number of hydrogen-bond donors (Lipinski definition) is 3. The second-order valence-electron chi connectivity index (χ2n) is 5.72. The van der Waals surface area contributed by atoms with Crippen LogP contribution in [0.4, 0.5) is 11.9 Å². The Hall–Kier alpha value is -3.17. The zero-order valence-corrected chi connectivity index (χ0v) is 12.9. The van der Waals surface area contributed by atoms with Crippen molar-refractivity contribution in [3.8, 4) is 0 Å². The molecule has 10 nitrogen and oxygen atoms in total. The quantitative estimate of drug-likeness (QED) is 0.608. The van der Waals surface area contributed by atoms with Crippen LogP contribution < -0.4 is 16.0 Å². The fourth-order valence-corrected chi connectivity index (χ4v) is 2.84. The van der Waals surface area contributed by atoms with Crippen molar-refractivity contribution in [3.63, 3.8) is 0 Å². The van der Waals surface area contributed by atoms with Crippen molar-refractivity contribution in [2.75, 3.05) is 23.7 Å². The van der Waals surface area contributed by atoms with E-state index in [2.05, 4.69) is 30.5 Å². The van der Waals surface area contributed by atoms with E-state index in [4.69, 9.17) is 5.73 Å². The lowest BCUT2D eigenvalue weighted by atomic mass is 10.1. The third-order valence-corrected chi connectivity index (χ3v) is 4.10. The van der Waals surface area contributed by atoms with Gasteiger partial charge in [-0.15, -0.1) is 5.10 Å². The summed E-state index contributed by atoms with van der Waals surface area (Å²) in [4.78, 5) is 26.8. The number of hydrogen-bond acceptors (Lipinski definition) is 7. The summed E-state index contributed by atoms with van der Waals surface area (Å²) in [6.07, 6.45) is 8.38. The minimum Gasteiger partial charge on any atom is -0.368 e. The summed E-state index contributed by atoms with van der Waals surface area (Å²) in [6.45, 7) is 1.52. The highest BCUT2D eigenvalue weighted by Gasteiger charge is 2.24. The molecule has 124 valence electrons. The van der Waals surface area contributed by atoms with E-state index in [-0.39, 0.29) is 11.9 Å². The van der Waals surface area contributed by atoms with E-state index in [1.165, 1.54) is 0 Å². The zero-order valence-electron chi connectivity index (χ0n) is 12.9. The average molecular weight is 327 g/mol. The number of rotatable bonds is 3. The number of nitrogens with zero attached hydrogens (tertiary/aromatic N) is 6. The summed E-state index contributed by atoms with van der Waals surface area (Å²) in [7, 11) is 0. The number of carbonyl (C=O) groups excluding carboxylic acids is 1. The summed E-state index contributed by atoms with van der Waals surface area (Å²) in [5.74, 6) is 0.742. The van der Waals surface area contributed by atoms with Crippen LogP contribution in [0.15, 0.2) is 24.8 Å². The van der Waals surface area contributed by atoms with Crippen molar-refractivity contribution in [2.24, 2.45) is 0 Å². The Morgan fingerprint density at radius 3 is 2.88 bits per heavy atom. The first-order valence-corrected chi connectivity index (χ1v) is 7.71. The predicted molar refractivity (Wildman–Crippen MR) is 86.5 cm³/mol. The molecular formula is C14H17N9O. The van der Waals surface area contributed by atoms with E-state index in [1.807, 2.05) is 4.90 Å². The number of nitrogen functional groups attached to an aromatic ring is 1. The minimum absolute atomic E-state index is 0.105. The largest absolute Gasteiger partial charge is 0.368 e. The standard InChI is InChI=1S/C14H17N9O/c15-13-19-14(21-20-13)22-4-1-9(2-5-22)17-12(24)10-8-23-6-3-16-7-11(23)18-10/h3,6-9H,1-2,4-5H2,(H,17,24)(H3,15,19,20,21). The topological polar surface area (TPSA) is 130 Å². The average Bonchev–Trinajstić information content (AvgIpc) is 3.21. The highest BCUT2D eigenvalue weighted by atomic mass is 16.2. The van der Waals surface area contributed by atoms with Crippen LogP contribution in [0.3, 0.4) is 0 Å². The van der Waals surface area contributed by atoms with Crippen LogP contribution in [-0.4, -0.2) is 54.6 Å². The first-order valence-electron chi connectivity index (χ1n) is 7.71. The van der Waals surface area contributed by atoms with Gasteiger partial charge in [-0.2, -0.15) is 4.98 Å². The molecule has 1 saturated heterocycles. The van der Waals surface area contributed by atoms with Crippen LogP contribution in [0.2, 0.25) is 0 Å². The first-order chi connectivity index (χ1) is 11.7. The molecule has 4 N–H and O–H groups in total. The summed E-state index contributed by atoms with van der Waals surface area (Å²) >= 11 is 0. The van der Waals surface area contributed by atoms with E-state index in [0.717, 1.165) is 25.9 Å². The lowest BCUT2D eigenvalue weighted by Gasteiger charge is -2.31. The van der Waals surface area contributed by atoms with Gasteiger partial charge in [-0.25, -0.2) is 10.1 Å². The summed E-state index contributed by atoms with van der Waals surface area (Å²) in [5, 5.41) is 9.73. The van der Waals surface area contributed by atoms with Crippen molar-refractivity contribution in [1.82, 2.24) is 34.9 Å². The first kappa shape index (κ1) is 14.4. The van der Waals surface area contributed by atoms with Gasteiger partial charge in [-0.05, 0) is 12.8 Å². The summed E-state index contributed by atoms with van der Waals surface area (Å²) in [6, 6.07) is 0.105. The lowest BCUT2D eigenvalue weighted by Crippen LogP contribution is -2.45. The molecule has 0 aliphatic carbocycles. The molecule has 0 spiro atoms. The van der Waals surface area contributed by atoms with Gasteiger partial charge in [0.15, 0.2) is 5.65 Å². The monoisotopic (exact) mass is 327 g/mol. The van der Waals surface area contributed by atoms with Gasteiger partial charge in [0.2, 0.25) is 11.9 Å². The number of nitrogens with one attached hydrogen (secondary N) is 2. The van der Waals surface area contributed by atoms with Crippen molar-refractivity contribution in [1.29, 1.82) is 0 Å². The maximum atomic E-state index is 12.4. The molecule has 0 aromatic carbocycles. The molecule has 3 aromatic heterocycles. The van der Waals surface area contributed by atoms with Gasteiger partial charge in [-0.3, -0.25) is 9.78 Å². The fourth-order valence-electron chi connectivity index (χ4n) is 2.84. The molecule has 4 heterocycles. The van der Waals surface area contributed by atoms with E-state index >= 15 is 0 Å². The molecule has 0 atom stereocenters. The SMILES string of the molecule is Nc1nc(N2CCC(NC(=O)c3cn4ccncc4n3)CC2)n[nH]1. The van der Waals surface area contributed by atoms with Gasteiger partial charge in [0.1, 0.15) is 5.69 Å². The molecule has 1 aliphatic heterocycles. The number of carbonyl (C=O) groups is 1. The van der Waals surface area contributed by atoms with E-state index in [9.17, 15) is 4.79 Å². The third-order valence-electron chi connectivity index (χ3n) is 4.10. The number of aromatic nitrogens is 6. The maximum Gasteiger partial charge on any atom is 0.271 e. The van der Waals surface area contributed by atoms with Crippen LogP contribution in [0.25, 0.3) is 5.65 Å². The third kappa shape index (κ3) is 2.73. The number of nitrogens with two attached hydrogens (primary N) is 1. The van der Waals surface area contributed by atoms with Gasteiger partial charge in [0.05, 0.1) is 6.20 Å². The number of imidazole rings is 1. The Labute approximate surface area is 137 Å². The maximum absolute atomic E-state index is 12.4. The Kier molecular flexibility index (Phi) is 3.48. The number of fused-ring (bicyclic) bond motifs is 1. The Balaban J connectivity index is 1.37. The molecule has 1 amide bonds. The van der Waals surface area contributed by atoms with Crippen molar-refractivity contribution >= 4 is 23.5 Å². The van der Waals surface area contributed by atoms with Crippen LogP contribution in [0.5, 0.6) is 0 Å². The number of piperidine rings is 1. The van der Waals surface area contributed by atoms with Crippen molar-refractivity contribution in [2.45, 2.75) is 18.9 Å². The molecule has 10 heteroatoms. The molecule has 0 radical (unpaired) electrons. The molecule has 0 unspecified atom stereocenters. The summed E-state index contributed by atoms with van der Waals surface area (Å²) < 4.78 is 1.78. The van der Waals surface area contributed by atoms with Crippen molar-refractivity contribution < 1.29 is 4.79 Å².